The van der Waals surface area contributed by atoms with Crippen molar-refractivity contribution in [2.75, 3.05) is 0 Å². The number of phenolic OH excluding ortho intramolecular Hbond substituents is 1. The normalized spacial score (nSPS) is 12.5. The summed E-state index contributed by atoms with van der Waals surface area (Å²) in [6, 6.07) is 11.4. The lowest BCUT2D eigenvalue weighted by Crippen LogP contribution is -2.17. The molecule has 0 saturated carbocycles. The van der Waals surface area contributed by atoms with Gasteiger partial charge in [-0.15, -0.1) is 11.3 Å². The zero-order chi connectivity index (χ0) is 22.6. The number of nitrogens with zero attached hydrogens (tertiary/aromatic N) is 3. The summed E-state index contributed by atoms with van der Waals surface area (Å²) >= 11 is 1.38. The zero-order valence-corrected chi connectivity index (χ0v) is 19.5. The Hall–Kier alpha value is -2.99. The van der Waals surface area contributed by atoms with Crippen molar-refractivity contribution in [3.8, 4) is 17.0 Å². The van der Waals surface area contributed by atoms with Crippen molar-refractivity contribution in [3.05, 3.63) is 64.0 Å². The summed E-state index contributed by atoms with van der Waals surface area (Å²) in [5, 5.41) is 18.5. The van der Waals surface area contributed by atoms with E-state index >= 15 is 0 Å². The molecule has 3 heterocycles. The summed E-state index contributed by atoms with van der Waals surface area (Å²) in [7, 11) is 0. The third-order valence-corrected chi connectivity index (χ3v) is 6.22. The fraction of sp³-hybridized carbons (Fsp3) is 0.320. The Kier molecular flexibility index (Phi) is 5.01. The van der Waals surface area contributed by atoms with Crippen molar-refractivity contribution >= 4 is 28.3 Å². The molecule has 0 saturated heterocycles. The lowest BCUT2D eigenvalue weighted by atomic mass is 9.78. The minimum absolute atomic E-state index is 0.198. The molecule has 4 aromatic rings. The molecule has 1 aromatic carbocycles. The Labute approximate surface area is 186 Å². The maximum absolute atomic E-state index is 13.1. The molecule has 0 spiro atoms. The monoisotopic (exact) mass is 433 g/mol. The minimum atomic E-state index is -0.260. The van der Waals surface area contributed by atoms with Crippen LogP contribution in [0.4, 0.5) is 0 Å². The quantitative estimate of drug-likeness (QED) is 0.412. The van der Waals surface area contributed by atoms with Gasteiger partial charge < -0.3 is 5.11 Å². The smallest absolute Gasteiger partial charge is 0.290 e. The van der Waals surface area contributed by atoms with E-state index < -0.39 is 0 Å². The Morgan fingerprint density at radius 1 is 1.00 bits per heavy atom. The number of hydrogen-bond acceptors (Lipinski definition) is 5. The van der Waals surface area contributed by atoms with E-state index in [1.807, 2.05) is 35.7 Å². The molecule has 6 heteroatoms. The predicted molar refractivity (Wildman–Crippen MR) is 126 cm³/mol. The highest BCUT2D eigenvalue weighted by atomic mass is 32.1. The molecule has 0 fully saturated rings. The second kappa shape index (κ2) is 7.31. The first kappa shape index (κ1) is 21.2. The van der Waals surface area contributed by atoms with Crippen molar-refractivity contribution in [1.82, 2.24) is 14.8 Å². The summed E-state index contributed by atoms with van der Waals surface area (Å²) in [5.41, 5.74) is 3.26. The third kappa shape index (κ3) is 3.76. The first-order chi connectivity index (χ1) is 14.5. The van der Waals surface area contributed by atoms with E-state index in [4.69, 9.17) is 5.10 Å². The van der Waals surface area contributed by atoms with Crippen molar-refractivity contribution in [3.63, 3.8) is 0 Å². The number of thiophene rings is 1. The summed E-state index contributed by atoms with van der Waals surface area (Å²) in [5.74, 6) is 0.121. The number of rotatable bonds is 2. The third-order valence-electron chi connectivity index (χ3n) is 5.37. The van der Waals surface area contributed by atoms with E-state index in [9.17, 15) is 9.90 Å². The average molecular weight is 434 g/mol. The highest BCUT2D eigenvalue weighted by molar-refractivity contribution is 7.12. The van der Waals surface area contributed by atoms with Crippen molar-refractivity contribution in [2.45, 2.75) is 52.4 Å². The van der Waals surface area contributed by atoms with Gasteiger partial charge in [0, 0.05) is 28.3 Å². The van der Waals surface area contributed by atoms with E-state index in [2.05, 4.69) is 46.5 Å². The van der Waals surface area contributed by atoms with Gasteiger partial charge in [0.2, 0.25) is 0 Å². The molecule has 0 aliphatic carbocycles. The first-order valence-corrected chi connectivity index (χ1v) is 11.2. The van der Waals surface area contributed by atoms with Gasteiger partial charge in [-0.1, -0.05) is 47.6 Å². The summed E-state index contributed by atoms with van der Waals surface area (Å²) in [6.45, 7) is 12.5. The highest BCUT2D eigenvalue weighted by Gasteiger charge is 2.28. The molecule has 0 aliphatic rings. The van der Waals surface area contributed by atoms with E-state index in [0.29, 0.717) is 22.0 Å². The van der Waals surface area contributed by atoms with Crippen LogP contribution in [0.1, 0.15) is 62.3 Å². The van der Waals surface area contributed by atoms with E-state index in [1.165, 1.54) is 16.0 Å². The van der Waals surface area contributed by atoms with Crippen LogP contribution >= 0.6 is 11.3 Å². The van der Waals surface area contributed by atoms with Crippen LogP contribution in [-0.4, -0.2) is 25.8 Å². The zero-order valence-electron chi connectivity index (χ0n) is 18.7. The molecule has 0 bridgehead atoms. The number of hydrogen-bond donors (Lipinski definition) is 1. The number of benzene rings is 1. The van der Waals surface area contributed by atoms with Crippen LogP contribution in [0.5, 0.6) is 5.75 Å². The first-order valence-electron chi connectivity index (χ1n) is 10.3. The largest absolute Gasteiger partial charge is 0.507 e. The second-order valence-electron chi connectivity index (χ2n) is 9.84. The average Bonchev–Trinajstić information content (AvgIpc) is 3.34. The lowest BCUT2D eigenvalue weighted by Gasteiger charge is -2.28. The number of fused-ring (bicyclic) bond motifs is 1. The predicted octanol–water partition coefficient (Wildman–Crippen LogP) is 6.15. The topological polar surface area (TPSA) is 68.0 Å². The van der Waals surface area contributed by atoms with Gasteiger partial charge in [-0.2, -0.15) is 9.78 Å². The minimum Gasteiger partial charge on any atom is -0.507 e. The standard InChI is InChI=1S/C25H27N3O2S/c1-24(2,3)17-13-15(14-18(21(17)29)25(4,5)6)20-16-9-7-11-26-22(16)28(27-20)23(30)19-10-8-12-31-19/h7-14,29H,1-6H3. The Morgan fingerprint density at radius 3 is 2.19 bits per heavy atom. The number of aromatic hydroxyl groups is 1. The van der Waals surface area contributed by atoms with Gasteiger partial charge in [0.25, 0.3) is 5.91 Å². The number of carbonyl (C=O) groups is 1. The maximum atomic E-state index is 13.1. The van der Waals surface area contributed by atoms with Gasteiger partial charge in [0.1, 0.15) is 11.4 Å². The maximum Gasteiger partial charge on any atom is 0.290 e. The molecule has 31 heavy (non-hydrogen) atoms. The number of pyridine rings is 1. The van der Waals surface area contributed by atoms with Crippen LogP contribution in [-0.2, 0) is 10.8 Å². The van der Waals surface area contributed by atoms with Gasteiger partial charge in [-0.3, -0.25) is 4.79 Å². The van der Waals surface area contributed by atoms with Crippen molar-refractivity contribution < 1.29 is 9.90 Å². The van der Waals surface area contributed by atoms with Crippen LogP contribution < -0.4 is 0 Å². The SMILES string of the molecule is CC(C)(C)c1cc(-c2nn(C(=O)c3cccs3)c3ncccc23)cc(C(C)(C)C)c1O. The Bertz CT molecular complexity index is 1240. The van der Waals surface area contributed by atoms with Gasteiger partial charge in [-0.25, -0.2) is 4.98 Å². The lowest BCUT2D eigenvalue weighted by molar-refractivity contribution is 0.0954. The van der Waals surface area contributed by atoms with E-state index in [1.54, 1.807) is 12.3 Å². The van der Waals surface area contributed by atoms with Gasteiger partial charge >= 0.3 is 0 Å². The van der Waals surface area contributed by atoms with E-state index in [-0.39, 0.29) is 16.7 Å². The Balaban J connectivity index is 2.01. The summed E-state index contributed by atoms with van der Waals surface area (Å²) in [6.07, 6.45) is 1.67. The molecule has 5 nitrogen and oxygen atoms in total. The van der Waals surface area contributed by atoms with Crippen molar-refractivity contribution in [2.24, 2.45) is 0 Å². The van der Waals surface area contributed by atoms with Gasteiger partial charge in [0.05, 0.1) is 4.88 Å². The summed E-state index contributed by atoms with van der Waals surface area (Å²) < 4.78 is 1.39. The van der Waals surface area contributed by atoms with Crippen LogP contribution in [0.15, 0.2) is 48.0 Å². The van der Waals surface area contributed by atoms with Gasteiger partial charge in [-0.05, 0) is 46.5 Å². The Morgan fingerprint density at radius 2 is 1.65 bits per heavy atom. The molecule has 0 aliphatic heterocycles. The number of carbonyl (C=O) groups excluding carboxylic acids is 1. The molecule has 0 radical (unpaired) electrons. The molecular formula is C25H27N3O2S. The van der Waals surface area contributed by atoms with E-state index in [0.717, 1.165) is 22.1 Å². The summed E-state index contributed by atoms with van der Waals surface area (Å²) in [4.78, 5) is 18.2. The molecular weight excluding hydrogens is 406 g/mol. The van der Waals surface area contributed by atoms with Crippen LogP contribution in [0, 0.1) is 0 Å². The molecule has 0 atom stereocenters. The number of phenols is 1. The highest BCUT2D eigenvalue weighted by Crippen LogP contribution is 2.42. The molecule has 0 unspecified atom stereocenters. The number of aromatic nitrogens is 3. The van der Waals surface area contributed by atoms with Crippen LogP contribution in [0.25, 0.3) is 22.3 Å². The molecule has 160 valence electrons. The van der Waals surface area contributed by atoms with Crippen LogP contribution in [0.2, 0.25) is 0 Å². The van der Waals surface area contributed by atoms with Crippen molar-refractivity contribution in [1.29, 1.82) is 0 Å². The second-order valence-corrected chi connectivity index (χ2v) is 10.8. The van der Waals surface area contributed by atoms with Gasteiger partial charge in [0.15, 0.2) is 5.65 Å². The molecule has 0 amide bonds. The molecule has 4 rings (SSSR count). The van der Waals surface area contributed by atoms with Crippen LogP contribution in [0.3, 0.4) is 0 Å². The molecule has 1 N–H and O–H groups in total. The fourth-order valence-corrected chi connectivity index (χ4v) is 4.37. The molecule has 3 aromatic heterocycles. The fourth-order valence-electron chi connectivity index (χ4n) is 3.73.